The van der Waals surface area contributed by atoms with Crippen LogP contribution in [0.25, 0.3) is 0 Å². The molecule has 0 fully saturated rings. The van der Waals surface area contributed by atoms with E-state index in [-0.39, 0.29) is 0 Å². The van der Waals surface area contributed by atoms with E-state index >= 15 is 0 Å². The third-order valence-corrected chi connectivity index (χ3v) is 4.28. The monoisotopic (exact) mass is 348 g/mol. The van der Waals surface area contributed by atoms with Crippen molar-refractivity contribution in [2.24, 2.45) is 0 Å². The molecule has 0 amide bonds. The van der Waals surface area contributed by atoms with Gasteiger partial charge in [-0.3, -0.25) is 4.79 Å². The average Bonchev–Trinajstić information content (AvgIpc) is 2.60. The molecule has 0 aromatic rings. The predicted molar refractivity (Wildman–Crippen MR) is 110 cm³/mol. The molecule has 0 saturated carbocycles. The van der Waals surface area contributed by atoms with E-state index < -0.39 is 5.97 Å². The van der Waals surface area contributed by atoms with Gasteiger partial charge in [0.25, 0.3) is 0 Å². The molecular formula is C23H40O2. The zero-order chi connectivity index (χ0) is 18.4. The van der Waals surface area contributed by atoms with Gasteiger partial charge in [-0.15, -0.1) is 0 Å². The van der Waals surface area contributed by atoms with E-state index in [0.29, 0.717) is 6.42 Å². The summed E-state index contributed by atoms with van der Waals surface area (Å²) < 4.78 is 0. The fourth-order valence-electron chi connectivity index (χ4n) is 2.71. The molecule has 0 aromatic carbocycles. The molecule has 1 N–H and O–H groups in total. The lowest BCUT2D eigenvalue weighted by atomic mass is 10.1. The van der Waals surface area contributed by atoms with Crippen LogP contribution in [0.2, 0.25) is 0 Å². The second-order valence-electron chi connectivity index (χ2n) is 6.79. The highest BCUT2D eigenvalue weighted by Crippen LogP contribution is 2.10. The molecule has 0 aromatic heterocycles. The Morgan fingerprint density at radius 2 is 1.08 bits per heavy atom. The molecule has 144 valence electrons. The maximum absolute atomic E-state index is 10.4. The lowest BCUT2D eigenvalue weighted by molar-refractivity contribution is -0.137. The van der Waals surface area contributed by atoms with Crippen LogP contribution in [0.3, 0.4) is 0 Å². The van der Waals surface area contributed by atoms with Crippen LogP contribution in [-0.2, 0) is 4.79 Å². The van der Waals surface area contributed by atoms with Crippen LogP contribution in [0.4, 0.5) is 0 Å². The van der Waals surface area contributed by atoms with Crippen LogP contribution < -0.4 is 0 Å². The van der Waals surface area contributed by atoms with Gasteiger partial charge in [-0.05, 0) is 44.9 Å². The lowest BCUT2D eigenvalue weighted by Gasteiger charge is -2.00. The maximum Gasteiger partial charge on any atom is 0.303 e. The number of carboxylic acid groups (broad SMARTS) is 1. The van der Waals surface area contributed by atoms with Crippen LogP contribution in [0.5, 0.6) is 0 Å². The summed E-state index contributed by atoms with van der Waals surface area (Å²) in [4.78, 5) is 10.4. The van der Waals surface area contributed by atoms with Gasteiger partial charge in [0.15, 0.2) is 0 Å². The van der Waals surface area contributed by atoms with Crippen molar-refractivity contribution in [2.45, 2.75) is 103 Å². The van der Waals surface area contributed by atoms with Crippen LogP contribution in [0.15, 0.2) is 36.5 Å². The van der Waals surface area contributed by atoms with E-state index in [1.165, 1.54) is 64.2 Å². The largest absolute Gasteiger partial charge is 0.481 e. The topological polar surface area (TPSA) is 37.3 Å². The first kappa shape index (κ1) is 23.7. The molecule has 0 bridgehead atoms. The zero-order valence-electron chi connectivity index (χ0n) is 16.4. The Balaban J connectivity index is 3.24. The van der Waals surface area contributed by atoms with Crippen molar-refractivity contribution >= 4 is 5.97 Å². The maximum atomic E-state index is 10.4. The Hall–Kier alpha value is -1.31. The minimum Gasteiger partial charge on any atom is -0.481 e. The molecule has 25 heavy (non-hydrogen) atoms. The van der Waals surface area contributed by atoms with Gasteiger partial charge in [0, 0.05) is 6.42 Å². The van der Waals surface area contributed by atoms with Crippen LogP contribution >= 0.6 is 0 Å². The van der Waals surface area contributed by atoms with E-state index in [1.807, 2.05) is 0 Å². The molecule has 0 aliphatic heterocycles. The van der Waals surface area contributed by atoms with Crippen molar-refractivity contribution in [1.82, 2.24) is 0 Å². The smallest absolute Gasteiger partial charge is 0.303 e. The summed E-state index contributed by atoms with van der Waals surface area (Å²) in [5.41, 5.74) is 0. The fourth-order valence-corrected chi connectivity index (χ4v) is 2.71. The Labute approximate surface area is 156 Å². The van der Waals surface area contributed by atoms with Gasteiger partial charge >= 0.3 is 5.97 Å². The van der Waals surface area contributed by atoms with E-state index in [1.54, 1.807) is 0 Å². The molecule has 0 spiro atoms. The van der Waals surface area contributed by atoms with Gasteiger partial charge in [-0.2, -0.15) is 0 Å². The average molecular weight is 349 g/mol. The molecule has 0 rings (SSSR count). The molecular weight excluding hydrogens is 308 g/mol. The van der Waals surface area contributed by atoms with Crippen molar-refractivity contribution in [3.8, 4) is 0 Å². The van der Waals surface area contributed by atoms with Gasteiger partial charge in [-0.1, -0.05) is 88.3 Å². The number of hydrogen-bond donors (Lipinski definition) is 1. The number of hydrogen-bond acceptors (Lipinski definition) is 1. The molecule has 2 heteroatoms. The predicted octanol–water partition coefficient (Wildman–Crippen LogP) is 7.61. The van der Waals surface area contributed by atoms with Crippen molar-refractivity contribution in [1.29, 1.82) is 0 Å². The summed E-state index contributed by atoms with van der Waals surface area (Å²) in [6, 6.07) is 0. The van der Waals surface area contributed by atoms with Gasteiger partial charge in [-0.25, -0.2) is 0 Å². The van der Waals surface area contributed by atoms with Gasteiger partial charge < -0.3 is 5.11 Å². The second kappa shape index (κ2) is 20.7. The molecule has 0 aliphatic rings. The Bertz CT molecular complexity index is 366. The van der Waals surface area contributed by atoms with Crippen LogP contribution in [-0.4, -0.2) is 11.1 Å². The molecule has 0 unspecified atom stereocenters. The third kappa shape index (κ3) is 22.7. The van der Waals surface area contributed by atoms with E-state index in [2.05, 4.69) is 43.4 Å². The second-order valence-corrected chi connectivity index (χ2v) is 6.79. The Morgan fingerprint density at radius 1 is 0.640 bits per heavy atom. The zero-order valence-corrected chi connectivity index (χ0v) is 16.4. The van der Waals surface area contributed by atoms with E-state index in [9.17, 15) is 4.79 Å². The highest BCUT2D eigenvalue weighted by atomic mass is 16.4. The first-order chi connectivity index (χ1) is 12.3. The highest BCUT2D eigenvalue weighted by Gasteiger charge is 1.96. The number of unbranched alkanes of at least 4 members (excludes halogenated alkanes) is 10. The van der Waals surface area contributed by atoms with Crippen LogP contribution in [0.1, 0.15) is 103 Å². The minimum atomic E-state index is -0.666. The normalized spacial score (nSPS) is 12.0. The molecule has 2 nitrogen and oxygen atoms in total. The van der Waals surface area contributed by atoms with Crippen molar-refractivity contribution in [3.05, 3.63) is 36.5 Å². The first-order valence-electron chi connectivity index (χ1n) is 10.4. The minimum absolute atomic E-state index is 0.328. The number of carboxylic acids is 1. The van der Waals surface area contributed by atoms with Gasteiger partial charge in [0.2, 0.25) is 0 Å². The third-order valence-electron chi connectivity index (χ3n) is 4.28. The molecule has 0 heterocycles. The van der Waals surface area contributed by atoms with Gasteiger partial charge in [0.05, 0.1) is 0 Å². The molecule has 0 radical (unpaired) electrons. The number of rotatable bonds is 18. The quantitative estimate of drug-likeness (QED) is 0.204. The van der Waals surface area contributed by atoms with Crippen molar-refractivity contribution < 1.29 is 9.90 Å². The van der Waals surface area contributed by atoms with Crippen LogP contribution in [0, 0.1) is 0 Å². The highest BCUT2D eigenvalue weighted by molar-refractivity contribution is 5.66. The molecule has 0 saturated heterocycles. The summed E-state index contributed by atoms with van der Waals surface area (Å²) in [6.07, 6.45) is 30.7. The number of aliphatic carboxylic acids is 1. The summed E-state index contributed by atoms with van der Waals surface area (Å²) in [5.74, 6) is -0.666. The standard InChI is InChI=1S/C23H40O2/c1-2-3-4-5-6-7-8-9-10-11-12-13-14-15-16-17-18-19-20-21-22-23(24)25/h6-7,9-10,12-13H,2-5,8,11,14-22H2,1H3,(H,24,25). The summed E-state index contributed by atoms with van der Waals surface area (Å²) in [7, 11) is 0. The first-order valence-corrected chi connectivity index (χ1v) is 10.4. The van der Waals surface area contributed by atoms with Crippen molar-refractivity contribution in [2.75, 3.05) is 0 Å². The molecule has 0 atom stereocenters. The lowest BCUT2D eigenvalue weighted by Crippen LogP contribution is -1.93. The summed E-state index contributed by atoms with van der Waals surface area (Å²) in [6.45, 7) is 2.24. The SMILES string of the molecule is CCCCCC=CCC=CCC=CCCCCCCCCCC(=O)O. The summed E-state index contributed by atoms with van der Waals surface area (Å²) in [5, 5.41) is 8.55. The fraction of sp³-hybridized carbons (Fsp3) is 0.696. The van der Waals surface area contributed by atoms with Crippen molar-refractivity contribution in [3.63, 3.8) is 0 Å². The summed E-state index contributed by atoms with van der Waals surface area (Å²) >= 11 is 0. The molecule has 0 aliphatic carbocycles. The van der Waals surface area contributed by atoms with E-state index in [0.717, 1.165) is 25.7 Å². The van der Waals surface area contributed by atoms with Gasteiger partial charge in [0.1, 0.15) is 0 Å². The number of allylic oxidation sites excluding steroid dienone is 6. The van der Waals surface area contributed by atoms with E-state index in [4.69, 9.17) is 5.11 Å². The number of carbonyl (C=O) groups is 1. The Morgan fingerprint density at radius 3 is 1.60 bits per heavy atom. The Kier molecular flexibility index (Phi) is 19.6.